The maximum Gasteiger partial charge on any atom is 0.212 e. The van der Waals surface area contributed by atoms with Gasteiger partial charge in [-0.3, -0.25) is 0 Å². The fourth-order valence-corrected chi connectivity index (χ4v) is 1.46. The van der Waals surface area contributed by atoms with E-state index in [9.17, 15) is 4.39 Å². The van der Waals surface area contributed by atoms with Crippen LogP contribution in [-0.4, -0.2) is 24.1 Å². The first kappa shape index (κ1) is 15.0. The average molecular weight is 377 g/mol. The molecule has 0 fully saturated rings. The van der Waals surface area contributed by atoms with Crippen LogP contribution in [0.4, 0.5) is 10.2 Å². The highest BCUT2D eigenvalue weighted by Crippen LogP contribution is 2.11. The molecule has 0 radical (unpaired) electrons. The van der Waals surface area contributed by atoms with E-state index in [2.05, 4.69) is 41.8 Å². The van der Waals surface area contributed by atoms with Gasteiger partial charge in [0.2, 0.25) is 5.95 Å². The molecule has 0 bridgehead atoms. The number of rotatable bonds is 1. The van der Waals surface area contributed by atoms with Crippen LogP contribution in [0.5, 0.6) is 0 Å². The van der Waals surface area contributed by atoms with Crippen molar-refractivity contribution in [2.75, 3.05) is 19.0 Å². The minimum atomic E-state index is -0.451. The molecule has 18 heavy (non-hydrogen) atoms. The molecule has 0 aromatic carbocycles. The van der Waals surface area contributed by atoms with Gasteiger partial charge in [0.05, 0.1) is 0 Å². The molecule has 0 atom stereocenters. The molecule has 0 aliphatic heterocycles. The van der Waals surface area contributed by atoms with E-state index in [0.717, 1.165) is 14.8 Å². The quantitative estimate of drug-likeness (QED) is 0.707. The van der Waals surface area contributed by atoms with Gasteiger partial charge < -0.3 is 4.90 Å². The summed E-state index contributed by atoms with van der Waals surface area (Å²) in [4.78, 5) is 9.49. The molecule has 0 saturated carbocycles. The lowest BCUT2D eigenvalue weighted by Gasteiger charge is -2.09. The maximum absolute atomic E-state index is 12.0. The summed E-state index contributed by atoms with van der Waals surface area (Å²) in [6.45, 7) is 0. The minimum Gasteiger partial charge on any atom is -0.363 e. The van der Waals surface area contributed by atoms with Crippen molar-refractivity contribution in [1.29, 1.82) is 0 Å². The third-order valence-electron chi connectivity index (χ3n) is 1.86. The van der Waals surface area contributed by atoms with Crippen LogP contribution in [0.1, 0.15) is 0 Å². The molecule has 3 nitrogen and oxygen atoms in total. The van der Waals surface area contributed by atoms with E-state index < -0.39 is 5.95 Å². The van der Waals surface area contributed by atoms with Crippen molar-refractivity contribution in [3.05, 3.63) is 51.6 Å². The Hall–Kier alpha value is -1.01. The van der Waals surface area contributed by atoms with Crippen molar-refractivity contribution in [1.82, 2.24) is 9.97 Å². The zero-order chi connectivity index (χ0) is 13.5. The first-order valence-corrected chi connectivity index (χ1v) is 6.63. The molecule has 6 heteroatoms. The second-order valence-electron chi connectivity index (χ2n) is 3.53. The van der Waals surface area contributed by atoms with E-state index in [4.69, 9.17) is 0 Å². The van der Waals surface area contributed by atoms with E-state index in [1.807, 2.05) is 31.1 Å². The van der Waals surface area contributed by atoms with Crippen molar-refractivity contribution >= 4 is 37.7 Å². The molecular weight excluding hydrogens is 365 g/mol. The molecule has 0 N–H and O–H groups in total. The zero-order valence-electron chi connectivity index (χ0n) is 9.94. The molecule has 0 unspecified atom stereocenters. The van der Waals surface area contributed by atoms with Gasteiger partial charge in [0.1, 0.15) is 5.82 Å². The highest BCUT2D eigenvalue weighted by molar-refractivity contribution is 9.10. The SMILES string of the molecule is CN(C)c1ccc(Br)cn1.Fc1ccc(Br)cn1. The van der Waals surface area contributed by atoms with Gasteiger partial charge in [0, 0.05) is 35.4 Å². The van der Waals surface area contributed by atoms with E-state index >= 15 is 0 Å². The zero-order valence-corrected chi connectivity index (χ0v) is 13.1. The predicted molar refractivity (Wildman–Crippen MR) is 78.2 cm³/mol. The van der Waals surface area contributed by atoms with Crippen molar-refractivity contribution < 1.29 is 4.39 Å². The smallest absolute Gasteiger partial charge is 0.212 e. The summed E-state index contributed by atoms with van der Waals surface area (Å²) in [5, 5.41) is 0. The van der Waals surface area contributed by atoms with Crippen LogP contribution >= 0.6 is 31.9 Å². The lowest BCUT2D eigenvalue weighted by Crippen LogP contribution is -2.09. The van der Waals surface area contributed by atoms with Crippen molar-refractivity contribution in [3.63, 3.8) is 0 Å². The summed E-state index contributed by atoms with van der Waals surface area (Å²) in [5.74, 6) is 0.524. The molecule has 2 rings (SSSR count). The monoisotopic (exact) mass is 375 g/mol. The van der Waals surface area contributed by atoms with Crippen molar-refractivity contribution in [2.45, 2.75) is 0 Å². The summed E-state index contributed by atoms with van der Waals surface area (Å²) in [5.41, 5.74) is 0. The first-order valence-electron chi connectivity index (χ1n) is 5.05. The van der Waals surface area contributed by atoms with E-state index in [-0.39, 0.29) is 0 Å². The number of halogens is 3. The summed E-state index contributed by atoms with van der Waals surface area (Å²) >= 11 is 6.43. The van der Waals surface area contributed by atoms with Gasteiger partial charge >= 0.3 is 0 Å². The van der Waals surface area contributed by atoms with Gasteiger partial charge in [-0.2, -0.15) is 4.39 Å². The third-order valence-corrected chi connectivity index (χ3v) is 2.80. The van der Waals surface area contributed by atoms with Crippen LogP contribution in [0.25, 0.3) is 0 Å². The number of hydrogen-bond acceptors (Lipinski definition) is 3. The lowest BCUT2D eigenvalue weighted by atomic mass is 10.4. The number of pyridine rings is 2. The molecule has 96 valence electrons. The summed E-state index contributed by atoms with van der Waals surface area (Å²) < 4.78 is 13.8. The van der Waals surface area contributed by atoms with E-state index in [1.54, 1.807) is 12.3 Å². The second-order valence-corrected chi connectivity index (χ2v) is 5.36. The standard InChI is InChI=1S/C7H9BrN2.C5H3BrFN/c1-10(2)7-4-3-6(8)5-9-7;6-4-1-2-5(7)8-3-4/h3-5H,1-2H3;1-3H. The topological polar surface area (TPSA) is 29.0 Å². The van der Waals surface area contributed by atoms with Crippen LogP contribution in [-0.2, 0) is 0 Å². The van der Waals surface area contributed by atoms with Gasteiger partial charge in [-0.1, -0.05) is 0 Å². The highest BCUT2D eigenvalue weighted by atomic mass is 79.9. The van der Waals surface area contributed by atoms with Gasteiger partial charge in [-0.15, -0.1) is 0 Å². The Labute approximate surface area is 122 Å². The Morgan fingerprint density at radius 2 is 1.50 bits per heavy atom. The van der Waals surface area contributed by atoms with Crippen LogP contribution < -0.4 is 4.90 Å². The van der Waals surface area contributed by atoms with Gasteiger partial charge in [-0.25, -0.2) is 9.97 Å². The molecule has 0 spiro atoms. The Kier molecular flexibility index (Phi) is 6.21. The number of aromatic nitrogens is 2. The molecule has 2 aromatic heterocycles. The Balaban J connectivity index is 0.000000184. The van der Waals surface area contributed by atoms with Crippen LogP contribution in [0, 0.1) is 5.95 Å². The van der Waals surface area contributed by atoms with Crippen molar-refractivity contribution in [2.24, 2.45) is 0 Å². The maximum atomic E-state index is 12.0. The molecule has 0 amide bonds. The Morgan fingerprint density at radius 3 is 1.83 bits per heavy atom. The average Bonchev–Trinajstić information content (AvgIpc) is 2.34. The number of hydrogen-bond donors (Lipinski definition) is 0. The molecular formula is C12H12Br2FN3. The minimum absolute atomic E-state index is 0.451. The van der Waals surface area contributed by atoms with E-state index in [0.29, 0.717) is 0 Å². The fourth-order valence-electron chi connectivity index (χ4n) is 0.990. The third kappa shape index (κ3) is 5.55. The second kappa shape index (κ2) is 7.43. The van der Waals surface area contributed by atoms with Gasteiger partial charge in [-0.05, 0) is 56.1 Å². The van der Waals surface area contributed by atoms with Crippen LogP contribution in [0.2, 0.25) is 0 Å². The number of nitrogens with zero attached hydrogens (tertiary/aromatic N) is 3. The van der Waals surface area contributed by atoms with Gasteiger partial charge in [0.25, 0.3) is 0 Å². The van der Waals surface area contributed by atoms with E-state index in [1.165, 1.54) is 12.3 Å². The Morgan fingerprint density at radius 1 is 0.944 bits per heavy atom. The number of anilines is 1. The molecule has 2 aromatic rings. The van der Waals surface area contributed by atoms with Crippen LogP contribution in [0.15, 0.2) is 45.6 Å². The normalized spacial score (nSPS) is 9.39. The molecule has 0 aliphatic carbocycles. The summed E-state index contributed by atoms with van der Waals surface area (Å²) in [6.07, 6.45) is 3.20. The predicted octanol–water partition coefficient (Wildman–Crippen LogP) is 3.89. The highest BCUT2D eigenvalue weighted by Gasteiger charge is 1.93. The first-order chi connectivity index (χ1) is 8.49. The lowest BCUT2D eigenvalue weighted by molar-refractivity contribution is 0.583. The fraction of sp³-hybridized carbons (Fsp3) is 0.167. The Bertz CT molecular complexity index is 451. The summed E-state index contributed by atoms with van der Waals surface area (Å²) in [6, 6.07) is 6.83. The molecule has 0 saturated heterocycles. The van der Waals surface area contributed by atoms with Crippen molar-refractivity contribution in [3.8, 4) is 0 Å². The van der Waals surface area contributed by atoms with Crippen LogP contribution in [0.3, 0.4) is 0 Å². The van der Waals surface area contributed by atoms with Gasteiger partial charge in [0.15, 0.2) is 0 Å². The summed E-state index contributed by atoms with van der Waals surface area (Å²) in [7, 11) is 3.94. The largest absolute Gasteiger partial charge is 0.363 e. The molecule has 2 heterocycles. The molecule has 0 aliphatic rings.